The van der Waals surface area contributed by atoms with Gasteiger partial charge < -0.3 is 9.47 Å². The number of ether oxygens (including phenoxy) is 2. The number of hydrogen-bond acceptors (Lipinski definition) is 7. The van der Waals surface area contributed by atoms with E-state index in [1.54, 1.807) is 0 Å². The van der Waals surface area contributed by atoms with Gasteiger partial charge in [0.15, 0.2) is 11.4 Å². The van der Waals surface area contributed by atoms with Gasteiger partial charge in [-0.05, 0) is 12.1 Å². The highest BCUT2D eigenvalue weighted by molar-refractivity contribution is 5.92. The number of carbonyl (C=O) groups is 2. The summed E-state index contributed by atoms with van der Waals surface area (Å²) in [6, 6.07) is 2.48. The van der Waals surface area contributed by atoms with Crippen LogP contribution in [0.15, 0.2) is 17.2 Å². The highest BCUT2D eigenvalue weighted by atomic mass is 16.5. The first-order valence-corrected chi connectivity index (χ1v) is 4.18. The molecule has 1 rings (SSSR count). The van der Waals surface area contributed by atoms with Crippen LogP contribution in [0, 0.1) is 5.53 Å². The zero-order valence-electron chi connectivity index (χ0n) is 8.68. The average molecular weight is 223 g/mol. The lowest BCUT2D eigenvalue weighted by Gasteiger charge is -2.03. The molecule has 0 amide bonds. The van der Waals surface area contributed by atoms with Gasteiger partial charge in [0.2, 0.25) is 0 Å². The third kappa shape index (κ3) is 2.38. The molecule has 7 nitrogen and oxygen atoms in total. The summed E-state index contributed by atoms with van der Waals surface area (Å²) in [5.41, 5.74) is 6.75. The second-order valence-corrected chi connectivity index (χ2v) is 2.69. The molecule has 1 N–H and O–H groups in total. The number of esters is 2. The fraction of sp³-hybridized carbons (Fsp3) is 0.222. The number of hydrogen-bond donors (Lipinski definition) is 1. The molecule has 0 fully saturated rings. The highest BCUT2D eigenvalue weighted by Gasteiger charge is 2.15. The Bertz CT molecular complexity index is 410. The predicted octanol–water partition coefficient (Wildman–Crippen LogP) is 1.32. The minimum absolute atomic E-state index is 0.101. The van der Waals surface area contributed by atoms with Crippen LogP contribution < -0.4 is 0 Å². The van der Waals surface area contributed by atoms with E-state index < -0.39 is 11.9 Å². The van der Waals surface area contributed by atoms with Gasteiger partial charge in [-0.3, -0.25) is 0 Å². The largest absolute Gasteiger partial charge is 0.464 e. The average Bonchev–Trinajstić information content (AvgIpc) is 2.35. The van der Waals surface area contributed by atoms with Crippen LogP contribution in [-0.4, -0.2) is 31.1 Å². The number of aromatic nitrogens is 1. The minimum Gasteiger partial charge on any atom is -0.464 e. The second kappa shape index (κ2) is 4.96. The standard InChI is InChI=1S/C9H9N3O4/c1-15-8(13)6-3-5(12-10)4-7(11-6)9(14)16-2/h3-4,10H,1-2H3. The lowest BCUT2D eigenvalue weighted by molar-refractivity contribution is 0.0586. The summed E-state index contributed by atoms with van der Waals surface area (Å²) in [5, 5.41) is 3.12. The molecule has 1 heterocycles. The molecule has 0 aromatic carbocycles. The first kappa shape index (κ1) is 11.8. The van der Waals surface area contributed by atoms with E-state index in [9.17, 15) is 9.59 Å². The molecule has 0 aliphatic heterocycles. The molecular weight excluding hydrogens is 214 g/mol. The van der Waals surface area contributed by atoms with Gasteiger partial charge in [-0.15, -0.1) is 0 Å². The van der Waals surface area contributed by atoms with Crippen molar-refractivity contribution in [1.29, 1.82) is 5.53 Å². The minimum atomic E-state index is -0.712. The van der Waals surface area contributed by atoms with Crippen LogP contribution in [0.1, 0.15) is 21.0 Å². The maximum atomic E-state index is 11.2. The molecule has 84 valence electrons. The summed E-state index contributed by atoms with van der Waals surface area (Å²) in [6.07, 6.45) is 0. The van der Waals surface area contributed by atoms with Gasteiger partial charge in [0.25, 0.3) is 0 Å². The Morgan fingerprint density at radius 2 is 1.62 bits per heavy atom. The summed E-state index contributed by atoms with van der Waals surface area (Å²) >= 11 is 0. The summed E-state index contributed by atoms with van der Waals surface area (Å²) in [5.74, 6) is -1.42. The molecule has 0 aliphatic carbocycles. The SMILES string of the molecule is COC(=O)c1cc(N=N)cc(C(=O)OC)n1. The van der Waals surface area contributed by atoms with Crippen molar-refractivity contribution in [1.82, 2.24) is 4.98 Å². The molecule has 0 radical (unpaired) electrons. The van der Waals surface area contributed by atoms with Crippen molar-refractivity contribution in [2.45, 2.75) is 0 Å². The summed E-state index contributed by atoms with van der Waals surface area (Å²) in [7, 11) is 2.37. The number of pyridine rings is 1. The molecule has 0 saturated heterocycles. The van der Waals surface area contributed by atoms with Crippen molar-refractivity contribution < 1.29 is 19.1 Å². The fourth-order valence-corrected chi connectivity index (χ4v) is 0.999. The van der Waals surface area contributed by atoms with Crippen LogP contribution >= 0.6 is 0 Å². The topological polar surface area (TPSA) is 102 Å². The normalized spacial score (nSPS) is 9.38. The maximum absolute atomic E-state index is 11.2. The highest BCUT2D eigenvalue weighted by Crippen LogP contribution is 2.15. The maximum Gasteiger partial charge on any atom is 0.356 e. The van der Waals surface area contributed by atoms with Crippen molar-refractivity contribution >= 4 is 17.6 Å². The van der Waals surface area contributed by atoms with Crippen LogP contribution in [0.2, 0.25) is 0 Å². The van der Waals surface area contributed by atoms with E-state index in [1.807, 2.05) is 0 Å². The molecule has 0 aliphatic rings. The van der Waals surface area contributed by atoms with E-state index in [4.69, 9.17) is 5.53 Å². The van der Waals surface area contributed by atoms with E-state index in [0.717, 1.165) is 0 Å². The molecule has 1 aromatic heterocycles. The number of rotatable bonds is 3. The molecular formula is C9H9N3O4. The first-order chi connectivity index (χ1) is 7.62. The van der Waals surface area contributed by atoms with Crippen molar-refractivity contribution in [2.75, 3.05) is 14.2 Å². The first-order valence-electron chi connectivity index (χ1n) is 4.18. The summed E-state index contributed by atoms with van der Waals surface area (Å²) in [6.45, 7) is 0. The van der Waals surface area contributed by atoms with Gasteiger partial charge >= 0.3 is 11.9 Å². The summed E-state index contributed by atoms with van der Waals surface area (Å²) < 4.78 is 8.90. The fourth-order valence-electron chi connectivity index (χ4n) is 0.999. The Morgan fingerprint density at radius 1 is 1.19 bits per heavy atom. The van der Waals surface area contributed by atoms with E-state index >= 15 is 0 Å². The molecule has 16 heavy (non-hydrogen) atoms. The molecule has 0 unspecified atom stereocenters. The summed E-state index contributed by atoms with van der Waals surface area (Å²) in [4.78, 5) is 26.1. The lowest BCUT2D eigenvalue weighted by atomic mass is 10.2. The third-order valence-electron chi connectivity index (χ3n) is 1.73. The van der Waals surface area contributed by atoms with Crippen molar-refractivity contribution in [3.63, 3.8) is 0 Å². The third-order valence-corrected chi connectivity index (χ3v) is 1.73. The quantitative estimate of drug-likeness (QED) is 0.614. The molecule has 7 heteroatoms. The van der Waals surface area contributed by atoms with Crippen LogP contribution in [0.3, 0.4) is 0 Å². The number of nitrogens with one attached hydrogen (secondary N) is 1. The Kier molecular flexibility index (Phi) is 3.65. The zero-order chi connectivity index (χ0) is 12.1. The molecule has 1 aromatic rings. The second-order valence-electron chi connectivity index (χ2n) is 2.69. The number of nitrogens with zero attached hydrogens (tertiary/aromatic N) is 2. The van der Waals surface area contributed by atoms with Crippen LogP contribution in [0.25, 0.3) is 0 Å². The van der Waals surface area contributed by atoms with Crippen molar-refractivity contribution in [3.8, 4) is 0 Å². The number of carbonyl (C=O) groups excluding carboxylic acids is 2. The van der Waals surface area contributed by atoms with E-state index in [1.165, 1.54) is 26.4 Å². The molecule has 0 spiro atoms. The van der Waals surface area contributed by atoms with Gasteiger partial charge in [-0.1, -0.05) is 0 Å². The van der Waals surface area contributed by atoms with Gasteiger partial charge in [-0.2, -0.15) is 5.11 Å². The Labute approximate surface area is 90.9 Å². The molecule has 0 bridgehead atoms. The van der Waals surface area contributed by atoms with Crippen molar-refractivity contribution in [3.05, 3.63) is 23.5 Å². The Balaban J connectivity index is 3.26. The molecule has 0 atom stereocenters. The van der Waals surface area contributed by atoms with E-state index in [2.05, 4.69) is 19.6 Å². The smallest absolute Gasteiger partial charge is 0.356 e. The lowest BCUT2D eigenvalue weighted by Crippen LogP contribution is -2.10. The van der Waals surface area contributed by atoms with Crippen molar-refractivity contribution in [2.24, 2.45) is 5.11 Å². The van der Waals surface area contributed by atoms with Gasteiger partial charge in [-0.25, -0.2) is 20.1 Å². The predicted molar refractivity (Wildman–Crippen MR) is 51.7 cm³/mol. The monoisotopic (exact) mass is 223 g/mol. The van der Waals surface area contributed by atoms with Crippen LogP contribution in [0.4, 0.5) is 5.69 Å². The zero-order valence-corrected chi connectivity index (χ0v) is 8.68. The van der Waals surface area contributed by atoms with E-state index in [0.29, 0.717) is 0 Å². The van der Waals surface area contributed by atoms with Crippen LogP contribution in [0.5, 0.6) is 0 Å². The van der Waals surface area contributed by atoms with Crippen LogP contribution in [-0.2, 0) is 9.47 Å². The van der Waals surface area contributed by atoms with Gasteiger partial charge in [0.1, 0.15) is 0 Å². The Hall–Kier alpha value is -2.31. The van der Waals surface area contributed by atoms with E-state index in [-0.39, 0.29) is 17.1 Å². The van der Waals surface area contributed by atoms with Gasteiger partial charge in [0, 0.05) is 0 Å². The molecule has 0 saturated carbocycles. The van der Waals surface area contributed by atoms with Gasteiger partial charge in [0.05, 0.1) is 19.9 Å². The Morgan fingerprint density at radius 3 is 1.94 bits per heavy atom. The number of methoxy groups -OCH3 is 2.